The highest BCUT2D eigenvalue weighted by molar-refractivity contribution is 4.79. The zero-order valence-corrected chi connectivity index (χ0v) is 14.2. The quantitative estimate of drug-likeness (QED) is 0.552. The molecule has 0 saturated carbocycles. The van der Waals surface area contributed by atoms with Crippen LogP contribution in [0.25, 0.3) is 0 Å². The molecule has 0 aliphatic carbocycles. The van der Waals surface area contributed by atoms with E-state index < -0.39 is 0 Å². The first-order chi connectivity index (χ1) is 9.00. The van der Waals surface area contributed by atoms with Crippen LogP contribution in [-0.2, 0) is 4.74 Å². The van der Waals surface area contributed by atoms with Crippen LogP contribution in [-0.4, -0.2) is 25.3 Å². The van der Waals surface area contributed by atoms with Crippen molar-refractivity contribution in [1.29, 1.82) is 0 Å². The van der Waals surface area contributed by atoms with Gasteiger partial charge in [-0.3, -0.25) is 0 Å². The summed E-state index contributed by atoms with van der Waals surface area (Å²) in [6.07, 6.45) is 8.89. The Morgan fingerprint density at radius 1 is 1.05 bits per heavy atom. The summed E-state index contributed by atoms with van der Waals surface area (Å²) >= 11 is 0. The van der Waals surface area contributed by atoms with Gasteiger partial charge in [-0.1, -0.05) is 40.0 Å². The van der Waals surface area contributed by atoms with Crippen LogP contribution in [0.15, 0.2) is 0 Å². The monoisotopic (exact) mass is 271 g/mol. The predicted molar refractivity (Wildman–Crippen MR) is 85.7 cm³/mol. The highest BCUT2D eigenvalue weighted by Gasteiger charge is 2.23. The molecule has 0 radical (unpaired) electrons. The molecule has 0 rings (SSSR count). The lowest BCUT2D eigenvalue weighted by molar-refractivity contribution is 0.00991. The minimum atomic E-state index is 0.00912. The second-order valence-electron chi connectivity index (χ2n) is 6.37. The second-order valence-corrected chi connectivity index (χ2v) is 6.37. The molecule has 19 heavy (non-hydrogen) atoms. The van der Waals surface area contributed by atoms with E-state index in [1.807, 2.05) is 7.11 Å². The molecule has 0 aromatic carbocycles. The lowest BCUT2D eigenvalue weighted by Gasteiger charge is -2.31. The minimum absolute atomic E-state index is 0.00912. The van der Waals surface area contributed by atoms with E-state index in [4.69, 9.17) is 4.74 Å². The standard InChI is InChI=1S/C17H37NO/c1-7-10-11-15(9-3)16(18-14-8-2)12-13-17(4,5)19-6/h15-16,18H,7-14H2,1-6H3. The molecule has 0 bridgehead atoms. The summed E-state index contributed by atoms with van der Waals surface area (Å²) < 4.78 is 5.56. The van der Waals surface area contributed by atoms with Gasteiger partial charge in [-0.25, -0.2) is 0 Å². The Morgan fingerprint density at radius 3 is 2.21 bits per heavy atom. The van der Waals surface area contributed by atoms with Gasteiger partial charge in [0, 0.05) is 13.2 Å². The largest absolute Gasteiger partial charge is 0.379 e. The van der Waals surface area contributed by atoms with Crippen molar-refractivity contribution in [3.05, 3.63) is 0 Å². The maximum absolute atomic E-state index is 5.56. The number of hydrogen-bond donors (Lipinski definition) is 1. The number of methoxy groups -OCH3 is 1. The van der Waals surface area contributed by atoms with Crippen LogP contribution >= 0.6 is 0 Å². The van der Waals surface area contributed by atoms with Gasteiger partial charge >= 0.3 is 0 Å². The van der Waals surface area contributed by atoms with E-state index >= 15 is 0 Å². The zero-order valence-electron chi connectivity index (χ0n) is 14.2. The summed E-state index contributed by atoms with van der Waals surface area (Å²) in [6.45, 7) is 12.4. The van der Waals surface area contributed by atoms with Gasteiger partial charge in [0.05, 0.1) is 5.60 Å². The molecule has 0 aromatic rings. The van der Waals surface area contributed by atoms with Gasteiger partial charge in [0.1, 0.15) is 0 Å². The van der Waals surface area contributed by atoms with Crippen LogP contribution < -0.4 is 5.32 Å². The van der Waals surface area contributed by atoms with Crippen LogP contribution in [0.2, 0.25) is 0 Å². The number of ether oxygens (including phenoxy) is 1. The molecule has 2 atom stereocenters. The predicted octanol–water partition coefficient (Wildman–Crippen LogP) is 4.78. The minimum Gasteiger partial charge on any atom is -0.379 e. The van der Waals surface area contributed by atoms with Gasteiger partial charge in [0.2, 0.25) is 0 Å². The van der Waals surface area contributed by atoms with Crippen molar-refractivity contribution < 1.29 is 4.74 Å². The van der Waals surface area contributed by atoms with Gasteiger partial charge in [0.15, 0.2) is 0 Å². The van der Waals surface area contributed by atoms with Gasteiger partial charge in [-0.05, 0) is 52.0 Å². The Balaban J connectivity index is 4.40. The first-order valence-electron chi connectivity index (χ1n) is 8.29. The maximum Gasteiger partial charge on any atom is 0.0623 e. The Bertz CT molecular complexity index is 203. The summed E-state index contributed by atoms with van der Waals surface area (Å²) in [4.78, 5) is 0. The van der Waals surface area contributed by atoms with Gasteiger partial charge in [-0.2, -0.15) is 0 Å². The fourth-order valence-electron chi connectivity index (χ4n) is 2.60. The molecule has 0 saturated heterocycles. The molecule has 0 aromatic heterocycles. The molecule has 0 spiro atoms. The Kier molecular flexibility index (Phi) is 10.6. The van der Waals surface area contributed by atoms with Gasteiger partial charge in [-0.15, -0.1) is 0 Å². The molecule has 2 unspecified atom stereocenters. The van der Waals surface area contributed by atoms with Crippen LogP contribution in [0, 0.1) is 5.92 Å². The van der Waals surface area contributed by atoms with Crippen molar-refractivity contribution in [2.24, 2.45) is 5.92 Å². The normalized spacial score (nSPS) is 15.5. The molecule has 0 aliphatic heterocycles. The highest BCUT2D eigenvalue weighted by atomic mass is 16.5. The van der Waals surface area contributed by atoms with Crippen molar-refractivity contribution >= 4 is 0 Å². The number of nitrogens with one attached hydrogen (secondary N) is 1. The summed E-state index contributed by atoms with van der Waals surface area (Å²) in [5.74, 6) is 0.819. The highest BCUT2D eigenvalue weighted by Crippen LogP contribution is 2.24. The molecule has 0 aliphatic rings. The smallest absolute Gasteiger partial charge is 0.0623 e. The fraction of sp³-hybridized carbons (Fsp3) is 1.00. The van der Waals surface area contributed by atoms with Crippen LogP contribution in [0.4, 0.5) is 0 Å². The van der Waals surface area contributed by atoms with Crippen molar-refractivity contribution in [2.75, 3.05) is 13.7 Å². The molecule has 0 heterocycles. The van der Waals surface area contributed by atoms with Crippen molar-refractivity contribution in [2.45, 2.75) is 91.2 Å². The molecule has 1 N–H and O–H groups in total. The van der Waals surface area contributed by atoms with E-state index in [0.29, 0.717) is 6.04 Å². The average Bonchev–Trinajstić information content (AvgIpc) is 2.41. The van der Waals surface area contributed by atoms with E-state index in [-0.39, 0.29) is 5.60 Å². The molecular weight excluding hydrogens is 234 g/mol. The lowest BCUT2D eigenvalue weighted by Crippen LogP contribution is -2.38. The SMILES string of the molecule is CCCCC(CC)C(CCC(C)(C)OC)NCCC. The van der Waals surface area contributed by atoms with Crippen molar-refractivity contribution in [3.63, 3.8) is 0 Å². The number of rotatable bonds is 12. The number of unbranched alkanes of at least 4 members (excludes halogenated alkanes) is 1. The van der Waals surface area contributed by atoms with E-state index in [0.717, 1.165) is 18.9 Å². The molecule has 116 valence electrons. The molecule has 0 fully saturated rings. The zero-order chi connectivity index (χ0) is 14.7. The van der Waals surface area contributed by atoms with E-state index in [2.05, 4.69) is 39.9 Å². The number of hydrogen-bond acceptors (Lipinski definition) is 2. The summed E-state index contributed by atoms with van der Waals surface area (Å²) in [5.41, 5.74) is 0.00912. The van der Waals surface area contributed by atoms with E-state index in [1.54, 1.807) is 0 Å². The fourth-order valence-corrected chi connectivity index (χ4v) is 2.60. The third kappa shape index (κ3) is 8.65. The topological polar surface area (TPSA) is 21.3 Å². The maximum atomic E-state index is 5.56. The summed E-state index contributed by atoms with van der Waals surface area (Å²) in [5, 5.41) is 3.77. The summed E-state index contributed by atoms with van der Waals surface area (Å²) in [7, 11) is 1.82. The summed E-state index contributed by atoms with van der Waals surface area (Å²) in [6, 6.07) is 0.658. The van der Waals surface area contributed by atoms with E-state index in [1.165, 1.54) is 38.5 Å². The molecule has 2 nitrogen and oxygen atoms in total. The Labute approximate surface area is 121 Å². The molecular formula is C17H37NO. The van der Waals surface area contributed by atoms with Crippen LogP contribution in [0.1, 0.15) is 79.6 Å². The molecule has 0 amide bonds. The molecule has 2 heteroatoms. The van der Waals surface area contributed by atoms with Crippen molar-refractivity contribution in [1.82, 2.24) is 5.32 Å². The Morgan fingerprint density at radius 2 is 1.74 bits per heavy atom. The first-order valence-corrected chi connectivity index (χ1v) is 8.29. The first kappa shape index (κ1) is 18.9. The third-order valence-corrected chi connectivity index (χ3v) is 4.29. The van der Waals surface area contributed by atoms with Crippen molar-refractivity contribution in [3.8, 4) is 0 Å². The van der Waals surface area contributed by atoms with E-state index in [9.17, 15) is 0 Å². The third-order valence-electron chi connectivity index (χ3n) is 4.29. The van der Waals surface area contributed by atoms with Gasteiger partial charge in [0.25, 0.3) is 0 Å². The van der Waals surface area contributed by atoms with Gasteiger partial charge < -0.3 is 10.1 Å². The van der Waals surface area contributed by atoms with Crippen LogP contribution in [0.3, 0.4) is 0 Å². The Hall–Kier alpha value is -0.0800. The average molecular weight is 271 g/mol. The van der Waals surface area contributed by atoms with Crippen LogP contribution in [0.5, 0.6) is 0 Å². The lowest BCUT2D eigenvalue weighted by atomic mass is 9.86. The second kappa shape index (κ2) is 10.7.